The van der Waals surface area contributed by atoms with Gasteiger partial charge in [-0.15, -0.1) is 0 Å². The van der Waals surface area contributed by atoms with E-state index < -0.39 is 0 Å². The summed E-state index contributed by atoms with van der Waals surface area (Å²) >= 11 is 0. The van der Waals surface area contributed by atoms with Gasteiger partial charge in [-0.25, -0.2) is 0 Å². The lowest BCUT2D eigenvalue weighted by Gasteiger charge is -2.21. The van der Waals surface area contributed by atoms with Crippen molar-refractivity contribution >= 4 is 0 Å². The van der Waals surface area contributed by atoms with E-state index in [-0.39, 0.29) is 0 Å². The van der Waals surface area contributed by atoms with Crippen molar-refractivity contribution in [3.8, 4) is 0 Å². The Kier molecular flexibility index (Phi) is 7.51. The minimum atomic E-state index is 0.316. The van der Waals surface area contributed by atoms with Gasteiger partial charge >= 0.3 is 0 Å². The third-order valence-electron chi connectivity index (χ3n) is 2.23. The van der Waals surface area contributed by atoms with Crippen molar-refractivity contribution in [3.63, 3.8) is 0 Å². The van der Waals surface area contributed by atoms with E-state index in [1.807, 2.05) is 6.92 Å². The van der Waals surface area contributed by atoms with Crippen molar-refractivity contribution in [2.45, 2.75) is 39.7 Å². The molecule has 0 aromatic heterocycles. The molecule has 0 aliphatic carbocycles. The largest absolute Gasteiger partial charge is 0.381 e. The van der Waals surface area contributed by atoms with Gasteiger partial charge < -0.3 is 9.47 Å². The number of ether oxygens (including phenoxy) is 2. The van der Waals surface area contributed by atoms with Crippen molar-refractivity contribution < 1.29 is 9.47 Å². The average molecular weight is 174 g/mol. The second-order valence-corrected chi connectivity index (χ2v) is 3.15. The third kappa shape index (κ3) is 4.73. The summed E-state index contributed by atoms with van der Waals surface area (Å²) in [6.45, 7) is 7.97. The highest BCUT2D eigenvalue weighted by Crippen LogP contribution is 2.14. The van der Waals surface area contributed by atoms with E-state index >= 15 is 0 Å². The van der Waals surface area contributed by atoms with E-state index in [4.69, 9.17) is 9.47 Å². The van der Waals surface area contributed by atoms with Crippen LogP contribution in [-0.4, -0.2) is 26.4 Å². The molecule has 0 saturated heterocycles. The van der Waals surface area contributed by atoms with Gasteiger partial charge in [0.25, 0.3) is 0 Å². The lowest BCUT2D eigenvalue weighted by Crippen LogP contribution is -2.24. The first-order valence-corrected chi connectivity index (χ1v) is 4.86. The molecule has 2 heteroatoms. The van der Waals surface area contributed by atoms with E-state index in [0.717, 1.165) is 13.2 Å². The molecule has 2 nitrogen and oxygen atoms in total. The van der Waals surface area contributed by atoms with Crippen molar-refractivity contribution in [2.24, 2.45) is 5.92 Å². The predicted molar refractivity (Wildman–Crippen MR) is 51.4 cm³/mol. The molecule has 0 bridgehead atoms. The molecule has 0 rings (SSSR count). The van der Waals surface area contributed by atoms with Crippen LogP contribution in [0.4, 0.5) is 0 Å². The molecule has 2 atom stereocenters. The molecular weight excluding hydrogens is 152 g/mol. The van der Waals surface area contributed by atoms with E-state index in [1.165, 1.54) is 12.8 Å². The van der Waals surface area contributed by atoms with Crippen molar-refractivity contribution in [1.29, 1.82) is 0 Å². The number of hydrogen-bond donors (Lipinski definition) is 0. The minimum Gasteiger partial charge on any atom is -0.381 e. The van der Waals surface area contributed by atoms with Gasteiger partial charge in [0.1, 0.15) is 0 Å². The molecule has 0 spiro atoms. The number of methoxy groups -OCH3 is 1. The highest BCUT2D eigenvalue weighted by molar-refractivity contribution is 4.64. The SMILES string of the molecule is CCCC(COCC)C(C)OC. The molecular formula is C10H22O2. The summed E-state index contributed by atoms with van der Waals surface area (Å²) in [6.07, 6.45) is 2.71. The maximum atomic E-state index is 5.39. The molecule has 2 unspecified atom stereocenters. The summed E-state index contributed by atoms with van der Waals surface area (Å²) in [5.41, 5.74) is 0. The number of rotatable bonds is 7. The second-order valence-electron chi connectivity index (χ2n) is 3.15. The minimum absolute atomic E-state index is 0.316. The van der Waals surface area contributed by atoms with Gasteiger partial charge in [-0.1, -0.05) is 13.3 Å². The van der Waals surface area contributed by atoms with E-state index in [2.05, 4.69) is 13.8 Å². The molecule has 12 heavy (non-hydrogen) atoms. The predicted octanol–water partition coefficient (Wildman–Crippen LogP) is 2.47. The monoisotopic (exact) mass is 174 g/mol. The van der Waals surface area contributed by atoms with Gasteiger partial charge in [-0.3, -0.25) is 0 Å². The molecule has 0 fully saturated rings. The fraction of sp³-hybridized carbons (Fsp3) is 1.00. The average Bonchev–Trinajstić information content (AvgIpc) is 2.11. The lowest BCUT2D eigenvalue weighted by molar-refractivity contribution is 0.0106. The van der Waals surface area contributed by atoms with Crippen molar-refractivity contribution in [3.05, 3.63) is 0 Å². The molecule has 0 aliphatic rings. The zero-order chi connectivity index (χ0) is 9.40. The Morgan fingerprint density at radius 1 is 1.25 bits per heavy atom. The third-order valence-corrected chi connectivity index (χ3v) is 2.23. The standard InChI is InChI=1S/C10H22O2/c1-5-7-10(8-12-6-2)9(3)11-4/h9-10H,5-8H2,1-4H3. The Hall–Kier alpha value is -0.0800. The van der Waals surface area contributed by atoms with Gasteiger partial charge in [0.05, 0.1) is 12.7 Å². The van der Waals surface area contributed by atoms with Crippen molar-refractivity contribution in [1.82, 2.24) is 0 Å². The molecule has 0 aliphatic heterocycles. The summed E-state index contributed by atoms with van der Waals surface area (Å²) in [5, 5.41) is 0. The van der Waals surface area contributed by atoms with Crippen molar-refractivity contribution in [2.75, 3.05) is 20.3 Å². The Morgan fingerprint density at radius 3 is 2.33 bits per heavy atom. The van der Waals surface area contributed by atoms with E-state index in [0.29, 0.717) is 12.0 Å². The van der Waals surface area contributed by atoms with E-state index in [9.17, 15) is 0 Å². The highest BCUT2D eigenvalue weighted by atomic mass is 16.5. The van der Waals surface area contributed by atoms with Gasteiger partial charge in [-0.2, -0.15) is 0 Å². The summed E-state index contributed by atoms with van der Waals surface area (Å²) in [4.78, 5) is 0. The quantitative estimate of drug-likeness (QED) is 0.590. The van der Waals surface area contributed by atoms with Crippen LogP contribution in [0.3, 0.4) is 0 Å². The van der Waals surface area contributed by atoms with Crippen LogP contribution in [0.15, 0.2) is 0 Å². The molecule has 0 N–H and O–H groups in total. The molecule has 0 radical (unpaired) electrons. The van der Waals surface area contributed by atoms with Crippen LogP contribution in [0, 0.1) is 5.92 Å². The molecule has 0 aromatic rings. The van der Waals surface area contributed by atoms with Gasteiger partial charge in [-0.05, 0) is 20.3 Å². The van der Waals surface area contributed by atoms with Crippen LogP contribution in [0.1, 0.15) is 33.6 Å². The molecule has 0 saturated carbocycles. The Bertz CT molecular complexity index is 93.8. The fourth-order valence-electron chi connectivity index (χ4n) is 1.29. The van der Waals surface area contributed by atoms with Crippen LogP contribution >= 0.6 is 0 Å². The first-order chi connectivity index (χ1) is 5.76. The Labute approximate surface area is 76.3 Å². The molecule has 0 amide bonds. The normalized spacial score (nSPS) is 16.0. The summed E-state index contributed by atoms with van der Waals surface area (Å²) in [7, 11) is 1.76. The number of hydrogen-bond acceptors (Lipinski definition) is 2. The maximum absolute atomic E-state index is 5.39. The van der Waals surface area contributed by atoms with E-state index in [1.54, 1.807) is 7.11 Å². The van der Waals surface area contributed by atoms with Gasteiger partial charge in [0.15, 0.2) is 0 Å². The Morgan fingerprint density at radius 2 is 1.92 bits per heavy atom. The molecule has 74 valence electrons. The lowest BCUT2D eigenvalue weighted by atomic mass is 9.99. The smallest absolute Gasteiger partial charge is 0.0593 e. The van der Waals surface area contributed by atoms with Crippen LogP contribution in [0.5, 0.6) is 0 Å². The summed E-state index contributed by atoms with van der Waals surface area (Å²) in [6, 6.07) is 0. The fourth-order valence-corrected chi connectivity index (χ4v) is 1.29. The first-order valence-electron chi connectivity index (χ1n) is 4.86. The topological polar surface area (TPSA) is 18.5 Å². The maximum Gasteiger partial charge on any atom is 0.0593 e. The second kappa shape index (κ2) is 7.56. The zero-order valence-corrected chi connectivity index (χ0v) is 8.80. The molecule has 0 heterocycles. The summed E-state index contributed by atoms with van der Waals surface area (Å²) < 4.78 is 10.7. The van der Waals surface area contributed by atoms with Crippen LogP contribution < -0.4 is 0 Å². The molecule has 0 aromatic carbocycles. The van der Waals surface area contributed by atoms with Gasteiger partial charge in [0, 0.05) is 19.6 Å². The van der Waals surface area contributed by atoms with Crippen LogP contribution in [-0.2, 0) is 9.47 Å². The van der Waals surface area contributed by atoms with Crippen LogP contribution in [0.25, 0.3) is 0 Å². The highest BCUT2D eigenvalue weighted by Gasteiger charge is 2.15. The van der Waals surface area contributed by atoms with Crippen LogP contribution in [0.2, 0.25) is 0 Å². The van der Waals surface area contributed by atoms with Gasteiger partial charge in [0.2, 0.25) is 0 Å². The Balaban J connectivity index is 3.68. The summed E-state index contributed by atoms with van der Waals surface area (Å²) in [5.74, 6) is 0.556. The zero-order valence-electron chi connectivity index (χ0n) is 8.80. The first kappa shape index (κ1) is 11.9.